The van der Waals surface area contributed by atoms with Crippen molar-refractivity contribution in [3.8, 4) is 0 Å². The zero-order valence-corrected chi connectivity index (χ0v) is 21.0. The number of carbonyl (C=O) groups excluding carboxylic acids is 2. The number of amides is 2. The Hall–Kier alpha value is -3.48. The molecule has 6 heteroatoms. The predicted octanol–water partition coefficient (Wildman–Crippen LogP) is 7.56. The Balaban J connectivity index is 1.35. The third-order valence-corrected chi connectivity index (χ3v) is 7.90. The van der Waals surface area contributed by atoms with E-state index in [0.717, 1.165) is 31.6 Å². The van der Waals surface area contributed by atoms with Crippen LogP contribution in [0.5, 0.6) is 0 Å². The van der Waals surface area contributed by atoms with Gasteiger partial charge in [0.15, 0.2) is 0 Å². The molecule has 0 bridgehead atoms. The van der Waals surface area contributed by atoms with E-state index in [9.17, 15) is 9.59 Å². The van der Waals surface area contributed by atoms with E-state index in [1.165, 1.54) is 11.8 Å². The molecule has 1 heterocycles. The van der Waals surface area contributed by atoms with Gasteiger partial charge in [0.25, 0.3) is 5.91 Å². The van der Waals surface area contributed by atoms with Gasteiger partial charge in [0, 0.05) is 25.9 Å². The lowest BCUT2D eigenvalue weighted by Crippen LogP contribution is -2.34. The summed E-state index contributed by atoms with van der Waals surface area (Å²) in [4.78, 5) is 31.3. The molecule has 2 amide bonds. The molecule has 4 nitrogen and oxygen atoms in total. The lowest BCUT2D eigenvalue weighted by atomic mass is 10.1. The molecule has 4 aromatic carbocycles. The first-order valence-corrected chi connectivity index (χ1v) is 13.0. The van der Waals surface area contributed by atoms with Gasteiger partial charge >= 0.3 is 0 Å². The Morgan fingerprint density at radius 1 is 0.829 bits per heavy atom. The maximum atomic E-state index is 13.7. The predicted molar refractivity (Wildman–Crippen MR) is 145 cm³/mol. The van der Waals surface area contributed by atoms with Crippen LogP contribution in [-0.4, -0.2) is 17.1 Å². The number of fused-ring (bicyclic) bond motifs is 2. The van der Waals surface area contributed by atoms with Crippen LogP contribution in [0.4, 0.5) is 17.1 Å². The molecule has 174 valence electrons. The molecule has 0 radical (unpaired) electrons. The first-order valence-electron chi connectivity index (χ1n) is 11.3. The smallest absolute Gasteiger partial charge is 0.255 e. The quantitative estimate of drug-likeness (QED) is 0.290. The zero-order chi connectivity index (χ0) is 24.4. The van der Waals surface area contributed by atoms with Crippen molar-refractivity contribution >= 4 is 52.4 Å². The minimum Gasteiger partial charge on any atom is -0.322 e. The molecule has 1 unspecified atom stereocenters. The fourth-order valence-corrected chi connectivity index (χ4v) is 6.04. The Labute approximate surface area is 213 Å². The minimum absolute atomic E-state index is 0.0180. The monoisotopic (exact) mass is 496 g/mol. The van der Waals surface area contributed by atoms with Crippen molar-refractivity contribution in [1.82, 2.24) is 0 Å². The Morgan fingerprint density at radius 2 is 1.49 bits per heavy atom. The Morgan fingerprint density at radius 3 is 2.17 bits per heavy atom. The van der Waals surface area contributed by atoms with E-state index < -0.39 is 0 Å². The van der Waals surface area contributed by atoms with Gasteiger partial charge in [0.1, 0.15) is 0 Å². The summed E-state index contributed by atoms with van der Waals surface area (Å²) in [5.74, 6) is -0.136. The molecular formula is C29H24N2O2S2. The van der Waals surface area contributed by atoms with Crippen molar-refractivity contribution in [3.63, 3.8) is 0 Å². The molecule has 35 heavy (non-hydrogen) atoms. The highest BCUT2D eigenvalue weighted by Gasteiger charge is 2.31. The van der Waals surface area contributed by atoms with Crippen LogP contribution in [0.2, 0.25) is 0 Å². The molecule has 5 rings (SSSR count). The van der Waals surface area contributed by atoms with E-state index in [-0.39, 0.29) is 17.1 Å². The first kappa shape index (κ1) is 23.3. The molecular weight excluding hydrogens is 472 g/mol. The number of rotatable bonds is 5. The van der Waals surface area contributed by atoms with Crippen molar-refractivity contribution in [3.05, 3.63) is 108 Å². The highest BCUT2D eigenvalue weighted by Crippen LogP contribution is 2.48. The van der Waals surface area contributed by atoms with Crippen LogP contribution in [0.1, 0.15) is 22.8 Å². The summed E-state index contributed by atoms with van der Waals surface area (Å²) in [5.41, 5.74) is 4.17. The maximum Gasteiger partial charge on any atom is 0.255 e. The molecule has 0 aromatic heterocycles. The van der Waals surface area contributed by atoms with E-state index >= 15 is 0 Å². The third-order valence-electron chi connectivity index (χ3n) is 5.69. The topological polar surface area (TPSA) is 49.4 Å². The fourth-order valence-electron chi connectivity index (χ4n) is 4.02. The van der Waals surface area contributed by atoms with Crippen LogP contribution in [0, 0.1) is 6.92 Å². The number of benzene rings is 4. The molecule has 0 spiro atoms. The highest BCUT2D eigenvalue weighted by molar-refractivity contribution is 8.00. The van der Waals surface area contributed by atoms with Gasteiger partial charge in [0.05, 0.1) is 16.6 Å². The maximum absolute atomic E-state index is 13.7. The summed E-state index contributed by atoms with van der Waals surface area (Å²) in [5, 5.41) is 2.64. The van der Waals surface area contributed by atoms with Crippen LogP contribution in [0.25, 0.3) is 0 Å². The number of aryl methyl sites for hydroxylation is 1. The van der Waals surface area contributed by atoms with Crippen LogP contribution in [0.15, 0.2) is 112 Å². The van der Waals surface area contributed by atoms with Gasteiger partial charge in [-0.1, -0.05) is 59.8 Å². The van der Waals surface area contributed by atoms with Gasteiger partial charge in [0.2, 0.25) is 5.91 Å². The van der Waals surface area contributed by atoms with Gasteiger partial charge in [-0.3, -0.25) is 14.5 Å². The van der Waals surface area contributed by atoms with Gasteiger partial charge in [-0.15, -0.1) is 11.8 Å². The van der Waals surface area contributed by atoms with Gasteiger partial charge < -0.3 is 5.32 Å². The fraction of sp³-hybridized carbons (Fsp3) is 0.103. The number of thioether (sulfide) groups is 1. The molecule has 1 aliphatic rings. The number of hydrogen-bond donors (Lipinski definition) is 1. The lowest BCUT2D eigenvalue weighted by molar-refractivity contribution is -0.117. The van der Waals surface area contributed by atoms with E-state index in [0.29, 0.717) is 11.3 Å². The second-order valence-corrected chi connectivity index (χ2v) is 10.8. The largest absolute Gasteiger partial charge is 0.322 e. The van der Waals surface area contributed by atoms with Gasteiger partial charge in [-0.05, 0) is 68.4 Å². The number of anilines is 3. The lowest BCUT2D eigenvalue weighted by Gasteiger charge is -2.32. The highest BCUT2D eigenvalue weighted by atomic mass is 32.2. The van der Waals surface area contributed by atoms with Crippen LogP contribution in [-0.2, 0) is 4.79 Å². The average molecular weight is 497 g/mol. The number of para-hydroxylation sites is 2. The molecule has 1 aliphatic heterocycles. The molecule has 1 atom stereocenters. The molecule has 1 N–H and O–H groups in total. The third kappa shape index (κ3) is 4.99. The van der Waals surface area contributed by atoms with Crippen molar-refractivity contribution in [1.29, 1.82) is 0 Å². The van der Waals surface area contributed by atoms with E-state index in [1.54, 1.807) is 17.8 Å². The number of nitrogens with one attached hydrogen (secondary N) is 1. The van der Waals surface area contributed by atoms with Gasteiger partial charge in [-0.2, -0.15) is 0 Å². The van der Waals surface area contributed by atoms with Crippen LogP contribution >= 0.6 is 23.5 Å². The summed E-state index contributed by atoms with van der Waals surface area (Å²) in [6, 6.07) is 31.1. The summed E-state index contributed by atoms with van der Waals surface area (Å²) >= 11 is 3.17. The Kier molecular flexibility index (Phi) is 6.66. The molecule has 0 fully saturated rings. The van der Waals surface area contributed by atoms with Crippen molar-refractivity contribution in [2.45, 2.75) is 33.8 Å². The summed E-state index contributed by atoms with van der Waals surface area (Å²) < 4.78 is 0. The summed E-state index contributed by atoms with van der Waals surface area (Å²) in [6.45, 7) is 3.89. The number of hydrogen-bond acceptors (Lipinski definition) is 4. The minimum atomic E-state index is -0.332. The second kappa shape index (κ2) is 10.0. The number of carbonyl (C=O) groups is 2. The van der Waals surface area contributed by atoms with Crippen LogP contribution < -0.4 is 10.2 Å². The Bertz CT molecular complexity index is 1370. The van der Waals surface area contributed by atoms with Gasteiger partial charge in [-0.25, -0.2) is 0 Å². The average Bonchev–Trinajstić information content (AvgIpc) is 2.87. The van der Waals surface area contributed by atoms with Crippen LogP contribution in [0.3, 0.4) is 0 Å². The summed E-state index contributed by atoms with van der Waals surface area (Å²) in [6.07, 6.45) is 0. The normalized spacial score (nSPS) is 12.9. The van der Waals surface area contributed by atoms with E-state index in [1.807, 2.05) is 97.6 Å². The second-order valence-electron chi connectivity index (χ2n) is 8.32. The van der Waals surface area contributed by atoms with Crippen molar-refractivity contribution in [2.75, 3.05) is 10.2 Å². The van der Waals surface area contributed by atoms with E-state index in [4.69, 9.17) is 0 Å². The van der Waals surface area contributed by atoms with Crippen molar-refractivity contribution in [2.24, 2.45) is 0 Å². The molecule has 0 aliphatic carbocycles. The summed E-state index contributed by atoms with van der Waals surface area (Å²) in [7, 11) is 0. The van der Waals surface area contributed by atoms with E-state index in [2.05, 4.69) is 17.4 Å². The first-order chi connectivity index (χ1) is 17.0. The van der Waals surface area contributed by atoms with Crippen molar-refractivity contribution < 1.29 is 9.59 Å². The molecule has 4 aromatic rings. The molecule has 0 saturated carbocycles. The SMILES string of the molecule is Cc1cccc(C(=O)Nc2cccc(SC(C)C(=O)N3c4ccccc4Sc4ccccc43)c2)c1. The zero-order valence-electron chi connectivity index (χ0n) is 19.4. The molecule has 0 saturated heterocycles. The number of nitrogens with zero attached hydrogens (tertiary/aromatic N) is 1. The standard InChI is InChI=1S/C29H24N2O2S2/c1-19-9-7-10-21(17-19)28(32)30-22-11-8-12-23(18-22)34-20(2)29(33)31-24-13-3-5-15-26(24)35-27-16-6-4-14-25(27)31/h3-18,20H,1-2H3,(H,30,32).